The molecule has 0 saturated carbocycles. The lowest BCUT2D eigenvalue weighted by Gasteiger charge is -1.98. The smallest absolute Gasteiger partial charge is 0.381 e. The Morgan fingerprint density at radius 2 is 2.18 bits per heavy atom. The Balaban J connectivity index is 2.49. The van der Waals surface area contributed by atoms with Crippen LogP contribution in [0.15, 0.2) is 24.4 Å². The Morgan fingerprint density at radius 1 is 1.41 bits per heavy atom. The number of Topliss-reactive ketones (excluding diaryl/α,β-unsaturated/α-hetero) is 1. The van der Waals surface area contributed by atoms with Crippen molar-refractivity contribution in [1.82, 2.24) is 9.38 Å². The lowest BCUT2D eigenvalue weighted by molar-refractivity contribution is -0.137. The van der Waals surface area contributed by atoms with E-state index in [1.165, 1.54) is 0 Å². The van der Waals surface area contributed by atoms with Gasteiger partial charge in [-0.25, -0.2) is 9.78 Å². The molecular formula is C12H12N2O3. The summed E-state index contributed by atoms with van der Waals surface area (Å²) in [6.45, 7) is 3.60. The fourth-order valence-electron chi connectivity index (χ4n) is 1.65. The third-order valence-corrected chi connectivity index (χ3v) is 2.40. The molecule has 0 spiro atoms. The molecule has 0 atom stereocenters. The van der Waals surface area contributed by atoms with Crippen LogP contribution in [0.4, 0.5) is 0 Å². The van der Waals surface area contributed by atoms with Gasteiger partial charge in [-0.3, -0.25) is 4.79 Å². The van der Waals surface area contributed by atoms with Crippen LogP contribution in [0.3, 0.4) is 0 Å². The van der Waals surface area contributed by atoms with Crippen LogP contribution in [0.1, 0.15) is 23.2 Å². The van der Waals surface area contributed by atoms with E-state index in [0.29, 0.717) is 11.3 Å². The standard InChI is InChI=1S/C12H12N2O3/c1-3-17-12(16)11(15)10-9-6-4-5-7-14(9)8(2)13-10/h4-7H,3H2,1-2H3. The van der Waals surface area contributed by atoms with Gasteiger partial charge in [-0.1, -0.05) is 6.07 Å². The maximum atomic E-state index is 11.8. The number of hydrogen-bond acceptors (Lipinski definition) is 4. The van der Waals surface area contributed by atoms with Gasteiger partial charge >= 0.3 is 5.97 Å². The highest BCUT2D eigenvalue weighted by atomic mass is 16.5. The van der Waals surface area contributed by atoms with Crippen LogP contribution in [0.25, 0.3) is 5.52 Å². The Bertz CT molecular complexity index is 586. The summed E-state index contributed by atoms with van der Waals surface area (Å²) in [7, 11) is 0. The summed E-state index contributed by atoms with van der Waals surface area (Å²) in [5.74, 6) is -0.909. The second-order valence-corrected chi connectivity index (χ2v) is 3.51. The van der Waals surface area contributed by atoms with E-state index in [1.54, 1.807) is 36.6 Å². The molecule has 0 bridgehead atoms. The molecule has 17 heavy (non-hydrogen) atoms. The zero-order valence-electron chi connectivity index (χ0n) is 9.64. The number of carbonyl (C=O) groups is 2. The first-order valence-electron chi connectivity index (χ1n) is 5.30. The molecule has 5 heteroatoms. The highest BCUT2D eigenvalue weighted by Gasteiger charge is 2.23. The van der Waals surface area contributed by atoms with E-state index in [1.807, 2.05) is 6.07 Å². The van der Waals surface area contributed by atoms with Gasteiger partial charge in [0.2, 0.25) is 0 Å². The zero-order chi connectivity index (χ0) is 12.4. The maximum Gasteiger partial charge on any atom is 0.381 e. The van der Waals surface area contributed by atoms with E-state index >= 15 is 0 Å². The van der Waals surface area contributed by atoms with Crippen LogP contribution in [0.2, 0.25) is 0 Å². The van der Waals surface area contributed by atoms with Crippen molar-refractivity contribution in [3.63, 3.8) is 0 Å². The van der Waals surface area contributed by atoms with Crippen molar-refractivity contribution in [3.8, 4) is 0 Å². The zero-order valence-corrected chi connectivity index (χ0v) is 9.64. The van der Waals surface area contributed by atoms with Crippen LogP contribution in [0, 0.1) is 6.92 Å². The third kappa shape index (κ3) is 1.91. The van der Waals surface area contributed by atoms with Gasteiger partial charge < -0.3 is 9.14 Å². The molecule has 2 heterocycles. The predicted molar refractivity (Wildman–Crippen MR) is 60.9 cm³/mol. The molecule has 2 aromatic rings. The number of ketones is 1. The molecule has 2 aromatic heterocycles. The van der Waals surface area contributed by atoms with Crippen molar-refractivity contribution in [1.29, 1.82) is 0 Å². The van der Waals surface area contributed by atoms with Crippen molar-refractivity contribution < 1.29 is 14.3 Å². The molecule has 0 aromatic carbocycles. The summed E-state index contributed by atoms with van der Waals surface area (Å²) in [5.41, 5.74) is 0.754. The number of carbonyl (C=O) groups excluding carboxylic acids is 2. The highest BCUT2D eigenvalue weighted by Crippen LogP contribution is 2.13. The molecule has 5 nitrogen and oxygen atoms in total. The van der Waals surface area contributed by atoms with Crippen LogP contribution in [-0.2, 0) is 9.53 Å². The molecule has 0 unspecified atom stereocenters. The van der Waals surface area contributed by atoms with E-state index in [9.17, 15) is 9.59 Å². The summed E-state index contributed by atoms with van der Waals surface area (Å²) in [4.78, 5) is 27.3. The number of ether oxygens (including phenoxy) is 1. The number of pyridine rings is 1. The molecule has 88 valence electrons. The van der Waals surface area contributed by atoms with Gasteiger partial charge in [-0.05, 0) is 26.0 Å². The number of esters is 1. The monoisotopic (exact) mass is 232 g/mol. The fraction of sp³-hybridized carbons (Fsp3) is 0.250. The maximum absolute atomic E-state index is 11.8. The van der Waals surface area contributed by atoms with Crippen molar-refractivity contribution in [2.45, 2.75) is 13.8 Å². The summed E-state index contributed by atoms with van der Waals surface area (Å²) in [5, 5.41) is 0. The molecule has 0 aliphatic rings. The first kappa shape index (κ1) is 11.3. The largest absolute Gasteiger partial charge is 0.460 e. The lowest BCUT2D eigenvalue weighted by Crippen LogP contribution is -2.18. The number of rotatable bonds is 3. The number of imidazole rings is 1. The number of aromatic nitrogens is 2. The lowest BCUT2D eigenvalue weighted by atomic mass is 10.2. The average Bonchev–Trinajstić information content (AvgIpc) is 2.67. The van der Waals surface area contributed by atoms with Crippen molar-refractivity contribution in [3.05, 3.63) is 35.9 Å². The summed E-state index contributed by atoms with van der Waals surface area (Å²) < 4.78 is 6.43. The van der Waals surface area contributed by atoms with Crippen LogP contribution in [0.5, 0.6) is 0 Å². The number of aryl methyl sites for hydroxylation is 1. The van der Waals surface area contributed by atoms with E-state index in [2.05, 4.69) is 9.72 Å². The van der Waals surface area contributed by atoms with Crippen LogP contribution >= 0.6 is 0 Å². The second-order valence-electron chi connectivity index (χ2n) is 3.51. The van der Waals surface area contributed by atoms with Gasteiger partial charge in [0.25, 0.3) is 5.78 Å². The summed E-state index contributed by atoms with van der Waals surface area (Å²) in [6.07, 6.45) is 1.79. The Kier molecular flexibility index (Phi) is 2.91. The Morgan fingerprint density at radius 3 is 2.88 bits per heavy atom. The molecule has 2 rings (SSSR count). The van der Waals surface area contributed by atoms with E-state index < -0.39 is 11.8 Å². The molecule has 0 N–H and O–H groups in total. The fourth-order valence-corrected chi connectivity index (χ4v) is 1.65. The van der Waals surface area contributed by atoms with Crippen molar-refractivity contribution >= 4 is 17.3 Å². The Labute approximate surface area is 98.0 Å². The minimum atomic E-state index is -0.864. The predicted octanol–water partition coefficient (Wildman–Crippen LogP) is 1.39. The number of fused-ring (bicyclic) bond motifs is 1. The number of nitrogens with zero attached hydrogens (tertiary/aromatic N) is 2. The minimum Gasteiger partial charge on any atom is -0.460 e. The summed E-state index contributed by atoms with van der Waals surface area (Å²) >= 11 is 0. The normalized spacial score (nSPS) is 10.5. The SMILES string of the molecule is CCOC(=O)C(=O)c1nc(C)n2ccccc12. The summed E-state index contributed by atoms with van der Waals surface area (Å²) in [6, 6.07) is 5.37. The van der Waals surface area contributed by atoms with Gasteiger partial charge in [0.05, 0.1) is 12.1 Å². The van der Waals surface area contributed by atoms with Gasteiger partial charge in [-0.2, -0.15) is 0 Å². The van der Waals surface area contributed by atoms with Gasteiger partial charge in [0, 0.05) is 6.20 Å². The minimum absolute atomic E-state index is 0.140. The molecule has 0 fully saturated rings. The van der Waals surface area contributed by atoms with E-state index in [-0.39, 0.29) is 12.3 Å². The van der Waals surface area contributed by atoms with Crippen LogP contribution in [-0.4, -0.2) is 27.7 Å². The van der Waals surface area contributed by atoms with Crippen molar-refractivity contribution in [2.75, 3.05) is 6.61 Å². The van der Waals surface area contributed by atoms with Gasteiger partial charge in [0.1, 0.15) is 11.5 Å². The first-order valence-corrected chi connectivity index (χ1v) is 5.30. The van der Waals surface area contributed by atoms with Crippen molar-refractivity contribution in [2.24, 2.45) is 0 Å². The molecular weight excluding hydrogens is 220 g/mol. The molecule has 0 amide bonds. The quantitative estimate of drug-likeness (QED) is 0.456. The molecule has 0 aliphatic carbocycles. The van der Waals surface area contributed by atoms with Gasteiger partial charge in [-0.15, -0.1) is 0 Å². The van der Waals surface area contributed by atoms with E-state index in [4.69, 9.17) is 0 Å². The topological polar surface area (TPSA) is 60.7 Å². The molecule has 0 aliphatic heterocycles. The molecule has 0 saturated heterocycles. The average molecular weight is 232 g/mol. The third-order valence-electron chi connectivity index (χ3n) is 2.40. The second kappa shape index (κ2) is 4.37. The first-order chi connectivity index (χ1) is 8.15. The number of hydrogen-bond donors (Lipinski definition) is 0. The van der Waals surface area contributed by atoms with Gasteiger partial charge in [0.15, 0.2) is 0 Å². The van der Waals surface area contributed by atoms with E-state index in [0.717, 1.165) is 0 Å². The van der Waals surface area contributed by atoms with Crippen LogP contribution < -0.4 is 0 Å². The highest BCUT2D eigenvalue weighted by molar-refractivity contribution is 6.41. The Hall–Kier alpha value is -2.17. The molecule has 0 radical (unpaired) electrons.